The third-order valence-electron chi connectivity index (χ3n) is 4.65. The first kappa shape index (κ1) is 14.8. The number of piperidine rings is 1. The molecule has 1 N–H and O–H groups in total. The number of nitrogens with zero attached hydrogens (tertiary/aromatic N) is 1. The van der Waals surface area contributed by atoms with Gasteiger partial charge in [-0.1, -0.05) is 18.5 Å². The molecule has 0 spiro atoms. The van der Waals surface area contributed by atoms with E-state index in [0.717, 1.165) is 4.34 Å². The molecular weight excluding hydrogens is 288 g/mol. The topological polar surface area (TPSA) is 15.3 Å². The van der Waals surface area contributed by atoms with E-state index in [2.05, 4.69) is 23.2 Å². The second-order valence-corrected chi connectivity index (χ2v) is 7.92. The van der Waals surface area contributed by atoms with Gasteiger partial charge < -0.3 is 10.2 Å². The molecular formula is C16H25ClN2S. The maximum Gasteiger partial charge on any atom is 0.0934 e. The Bertz CT molecular complexity index is 438. The normalized spacial score (nSPS) is 24.8. The van der Waals surface area contributed by atoms with E-state index in [-0.39, 0.29) is 0 Å². The molecule has 0 saturated carbocycles. The summed E-state index contributed by atoms with van der Waals surface area (Å²) in [6.45, 7) is 6.06. The van der Waals surface area contributed by atoms with Crippen molar-refractivity contribution in [1.29, 1.82) is 0 Å². The lowest BCUT2D eigenvalue weighted by atomic mass is 9.92. The molecule has 1 aromatic heterocycles. The number of nitrogens with one attached hydrogen (secondary N) is 1. The SMILES string of the molecule is CCCN1CCC(NC2CCCc3sc(Cl)cc32)CC1. The fourth-order valence-corrected chi connectivity index (χ4v) is 5.00. The minimum Gasteiger partial charge on any atom is -0.307 e. The van der Waals surface area contributed by atoms with Crippen LogP contribution in [0.25, 0.3) is 0 Å². The number of aryl methyl sites for hydroxylation is 1. The lowest BCUT2D eigenvalue weighted by Crippen LogP contribution is -2.44. The Hall–Kier alpha value is -0.0900. The predicted molar refractivity (Wildman–Crippen MR) is 87.9 cm³/mol. The molecule has 1 aliphatic carbocycles. The molecule has 1 aromatic rings. The zero-order valence-corrected chi connectivity index (χ0v) is 13.9. The second kappa shape index (κ2) is 6.78. The van der Waals surface area contributed by atoms with Crippen molar-refractivity contribution < 1.29 is 0 Å². The zero-order valence-electron chi connectivity index (χ0n) is 12.3. The Labute approximate surface area is 131 Å². The predicted octanol–water partition coefficient (Wildman–Crippen LogP) is 4.24. The highest BCUT2D eigenvalue weighted by molar-refractivity contribution is 7.16. The fraction of sp³-hybridized carbons (Fsp3) is 0.750. The van der Waals surface area contributed by atoms with Gasteiger partial charge in [0.2, 0.25) is 0 Å². The Balaban J connectivity index is 1.57. The van der Waals surface area contributed by atoms with Crippen LogP contribution in [0.5, 0.6) is 0 Å². The number of thiophene rings is 1. The van der Waals surface area contributed by atoms with Crippen LogP contribution in [0.1, 0.15) is 55.5 Å². The minimum atomic E-state index is 0.547. The summed E-state index contributed by atoms with van der Waals surface area (Å²) < 4.78 is 0.960. The highest BCUT2D eigenvalue weighted by atomic mass is 35.5. The van der Waals surface area contributed by atoms with Crippen LogP contribution in [0.3, 0.4) is 0 Å². The van der Waals surface area contributed by atoms with E-state index in [1.54, 1.807) is 11.3 Å². The van der Waals surface area contributed by atoms with Crippen molar-refractivity contribution in [2.24, 2.45) is 0 Å². The maximum atomic E-state index is 6.20. The highest BCUT2D eigenvalue weighted by Crippen LogP contribution is 2.38. The summed E-state index contributed by atoms with van der Waals surface area (Å²) in [7, 11) is 0. The van der Waals surface area contributed by atoms with E-state index in [1.807, 2.05) is 0 Å². The smallest absolute Gasteiger partial charge is 0.0934 e. The molecule has 4 heteroatoms. The second-order valence-electron chi connectivity index (χ2n) is 6.16. The molecule has 1 atom stereocenters. The monoisotopic (exact) mass is 312 g/mol. The summed E-state index contributed by atoms with van der Waals surface area (Å²) in [4.78, 5) is 4.12. The highest BCUT2D eigenvalue weighted by Gasteiger charge is 2.26. The van der Waals surface area contributed by atoms with Crippen molar-refractivity contribution in [3.63, 3.8) is 0 Å². The first-order chi connectivity index (χ1) is 9.76. The largest absolute Gasteiger partial charge is 0.307 e. The standard InChI is InChI=1S/C16H25ClN2S/c1-2-8-19-9-6-12(7-10-19)18-14-4-3-5-15-13(14)11-16(17)20-15/h11-12,14,18H,2-10H2,1H3. The molecule has 1 unspecified atom stereocenters. The van der Waals surface area contributed by atoms with Crippen LogP contribution in [-0.2, 0) is 6.42 Å². The molecule has 0 radical (unpaired) electrons. The quantitative estimate of drug-likeness (QED) is 0.894. The number of hydrogen-bond donors (Lipinski definition) is 1. The molecule has 2 heterocycles. The maximum absolute atomic E-state index is 6.20. The first-order valence-corrected chi connectivity index (χ1v) is 9.22. The molecule has 1 saturated heterocycles. The Morgan fingerprint density at radius 3 is 2.90 bits per heavy atom. The molecule has 0 bridgehead atoms. The van der Waals surface area contributed by atoms with Gasteiger partial charge in [0, 0.05) is 17.0 Å². The van der Waals surface area contributed by atoms with Gasteiger partial charge in [-0.3, -0.25) is 0 Å². The molecule has 1 aliphatic heterocycles. The van der Waals surface area contributed by atoms with Crippen LogP contribution >= 0.6 is 22.9 Å². The number of hydrogen-bond acceptors (Lipinski definition) is 3. The van der Waals surface area contributed by atoms with Gasteiger partial charge in [0.1, 0.15) is 0 Å². The lowest BCUT2D eigenvalue weighted by Gasteiger charge is -2.35. The first-order valence-electron chi connectivity index (χ1n) is 8.02. The van der Waals surface area contributed by atoms with Crippen LogP contribution in [0.15, 0.2) is 6.07 Å². The minimum absolute atomic E-state index is 0.547. The van der Waals surface area contributed by atoms with Gasteiger partial charge in [-0.15, -0.1) is 11.3 Å². The molecule has 20 heavy (non-hydrogen) atoms. The van der Waals surface area contributed by atoms with Gasteiger partial charge in [-0.25, -0.2) is 0 Å². The van der Waals surface area contributed by atoms with Gasteiger partial charge in [-0.2, -0.15) is 0 Å². The van der Waals surface area contributed by atoms with Crippen molar-refractivity contribution in [2.45, 2.75) is 57.5 Å². The van der Waals surface area contributed by atoms with Crippen LogP contribution in [-0.4, -0.2) is 30.6 Å². The van der Waals surface area contributed by atoms with E-state index in [1.165, 1.54) is 68.6 Å². The third kappa shape index (κ3) is 3.38. The van der Waals surface area contributed by atoms with Crippen LogP contribution < -0.4 is 5.32 Å². The summed E-state index contributed by atoms with van der Waals surface area (Å²) >= 11 is 7.98. The van der Waals surface area contributed by atoms with Crippen molar-refractivity contribution in [3.05, 3.63) is 20.8 Å². The van der Waals surface area contributed by atoms with E-state index in [4.69, 9.17) is 11.6 Å². The molecule has 0 aromatic carbocycles. The molecule has 112 valence electrons. The van der Waals surface area contributed by atoms with E-state index < -0.39 is 0 Å². The number of rotatable bonds is 4. The van der Waals surface area contributed by atoms with Crippen molar-refractivity contribution in [1.82, 2.24) is 10.2 Å². The van der Waals surface area contributed by atoms with Gasteiger partial charge in [0.05, 0.1) is 4.34 Å². The van der Waals surface area contributed by atoms with E-state index in [9.17, 15) is 0 Å². The fourth-order valence-electron chi connectivity index (χ4n) is 3.62. The average Bonchev–Trinajstić information content (AvgIpc) is 2.83. The van der Waals surface area contributed by atoms with Gasteiger partial charge in [0.25, 0.3) is 0 Å². The summed E-state index contributed by atoms with van der Waals surface area (Å²) in [6.07, 6.45) is 7.66. The van der Waals surface area contributed by atoms with Crippen LogP contribution in [0.4, 0.5) is 0 Å². The van der Waals surface area contributed by atoms with Crippen LogP contribution in [0.2, 0.25) is 4.34 Å². The number of halogens is 1. The van der Waals surface area contributed by atoms with Crippen molar-refractivity contribution >= 4 is 22.9 Å². The average molecular weight is 313 g/mol. The van der Waals surface area contributed by atoms with E-state index >= 15 is 0 Å². The van der Waals surface area contributed by atoms with Crippen LogP contribution in [0, 0.1) is 0 Å². The Kier molecular flexibility index (Phi) is 5.03. The van der Waals surface area contributed by atoms with Gasteiger partial charge in [0.15, 0.2) is 0 Å². The third-order valence-corrected chi connectivity index (χ3v) is 5.99. The summed E-state index contributed by atoms with van der Waals surface area (Å²) in [5.74, 6) is 0. The molecule has 1 fully saturated rings. The van der Waals surface area contributed by atoms with Gasteiger partial charge in [-0.05, 0) is 69.8 Å². The summed E-state index contributed by atoms with van der Waals surface area (Å²) in [6, 6.07) is 3.44. The van der Waals surface area contributed by atoms with Gasteiger partial charge >= 0.3 is 0 Å². The van der Waals surface area contributed by atoms with Crippen molar-refractivity contribution in [3.8, 4) is 0 Å². The molecule has 0 amide bonds. The lowest BCUT2D eigenvalue weighted by molar-refractivity contribution is 0.188. The number of fused-ring (bicyclic) bond motifs is 1. The Morgan fingerprint density at radius 2 is 2.15 bits per heavy atom. The van der Waals surface area contributed by atoms with Crippen molar-refractivity contribution in [2.75, 3.05) is 19.6 Å². The summed E-state index contributed by atoms with van der Waals surface area (Å²) in [5, 5.41) is 3.91. The Morgan fingerprint density at radius 1 is 1.35 bits per heavy atom. The summed E-state index contributed by atoms with van der Waals surface area (Å²) in [5.41, 5.74) is 1.49. The molecule has 2 aliphatic rings. The molecule has 3 rings (SSSR count). The number of likely N-dealkylation sites (tertiary alicyclic amines) is 1. The van der Waals surface area contributed by atoms with E-state index in [0.29, 0.717) is 12.1 Å². The molecule has 2 nitrogen and oxygen atoms in total. The zero-order chi connectivity index (χ0) is 13.9.